The molecule has 5 rings (SSSR count). The van der Waals surface area contributed by atoms with E-state index in [4.69, 9.17) is 8.83 Å². The van der Waals surface area contributed by atoms with E-state index in [9.17, 15) is 18.0 Å². The molecule has 3 heterocycles. The van der Waals surface area contributed by atoms with Gasteiger partial charge in [0.1, 0.15) is 11.2 Å². The second-order valence-electron chi connectivity index (χ2n) is 8.62. The van der Waals surface area contributed by atoms with Crippen molar-refractivity contribution in [1.29, 1.82) is 0 Å². The lowest BCUT2D eigenvalue weighted by Gasteiger charge is -2.13. The van der Waals surface area contributed by atoms with E-state index in [2.05, 4.69) is 5.32 Å². The van der Waals surface area contributed by atoms with Crippen LogP contribution in [0.25, 0.3) is 33.1 Å². The predicted molar refractivity (Wildman–Crippen MR) is 126 cm³/mol. The van der Waals surface area contributed by atoms with Crippen LogP contribution in [-0.2, 0) is 21.1 Å². The minimum atomic E-state index is -3.12. The molecule has 4 aromatic rings. The molecule has 170 valence electrons. The van der Waals surface area contributed by atoms with Crippen molar-refractivity contribution < 1.29 is 22.0 Å². The summed E-state index contributed by atoms with van der Waals surface area (Å²) in [6, 6.07) is 11.3. The van der Waals surface area contributed by atoms with Crippen LogP contribution in [0, 0.1) is 13.8 Å². The molecule has 0 saturated carbocycles. The second-order valence-corrected chi connectivity index (χ2v) is 10.9. The monoisotopic (exact) mass is 465 g/mol. The van der Waals surface area contributed by atoms with Gasteiger partial charge in [-0.15, -0.1) is 0 Å². The maximum atomic E-state index is 12.7. The van der Waals surface area contributed by atoms with E-state index in [0.717, 1.165) is 22.1 Å². The summed E-state index contributed by atoms with van der Waals surface area (Å²) in [4.78, 5) is 25.3. The Balaban J connectivity index is 1.58. The third-order valence-corrected chi connectivity index (χ3v) is 8.07. The van der Waals surface area contributed by atoms with Crippen LogP contribution >= 0.6 is 0 Å². The molecule has 7 nitrogen and oxygen atoms in total. The molecule has 2 aromatic carbocycles. The normalized spacial score (nSPS) is 17.6. The summed E-state index contributed by atoms with van der Waals surface area (Å²) in [5.74, 6) is -0.410. The molecular formula is C25H23NO6S. The first-order chi connectivity index (χ1) is 15.7. The fourth-order valence-electron chi connectivity index (χ4n) is 4.67. The average Bonchev–Trinajstić information content (AvgIpc) is 3.35. The first-order valence-electron chi connectivity index (χ1n) is 10.8. The summed E-state index contributed by atoms with van der Waals surface area (Å²) in [7, 11) is -3.12. The Bertz CT molecular complexity index is 1560. The van der Waals surface area contributed by atoms with Crippen molar-refractivity contribution in [2.75, 3.05) is 11.5 Å². The average molecular weight is 466 g/mol. The highest BCUT2D eigenvalue weighted by molar-refractivity contribution is 7.91. The van der Waals surface area contributed by atoms with Crippen LogP contribution in [0.1, 0.15) is 23.1 Å². The summed E-state index contributed by atoms with van der Waals surface area (Å²) >= 11 is 0. The topological polar surface area (TPSA) is 107 Å². The molecule has 0 aliphatic carbocycles. The van der Waals surface area contributed by atoms with E-state index in [0.29, 0.717) is 28.5 Å². The van der Waals surface area contributed by atoms with E-state index in [1.165, 1.54) is 0 Å². The van der Waals surface area contributed by atoms with Crippen molar-refractivity contribution in [3.8, 4) is 11.1 Å². The first-order valence-corrected chi connectivity index (χ1v) is 12.6. The number of nitrogens with one attached hydrogen (secondary N) is 1. The van der Waals surface area contributed by atoms with Crippen molar-refractivity contribution in [3.05, 3.63) is 69.8 Å². The van der Waals surface area contributed by atoms with Gasteiger partial charge in [-0.1, -0.05) is 30.3 Å². The number of hydrogen-bond donors (Lipinski definition) is 1. The zero-order chi connectivity index (χ0) is 23.3. The van der Waals surface area contributed by atoms with Crippen LogP contribution in [0.3, 0.4) is 0 Å². The summed E-state index contributed by atoms with van der Waals surface area (Å²) in [5.41, 5.74) is 4.16. The van der Waals surface area contributed by atoms with E-state index in [1.807, 2.05) is 43.3 Å². The van der Waals surface area contributed by atoms with E-state index in [-0.39, 0.29) is 23.5 Å². The molecule has 0 unspecified atom stereocenters. The number of benzene rings is 2. The standard InChI is InChI=1S/C25H23NO6S/c1-14-10-20-23(24-22(14)19(12-31-24)16-6-4-3-5-7-16)15(2)18(25(28)32-20)11-21(27)26-17-8-9-33(29,30)13-17/h3-7,10,12,17H,8-9,11,13H2,1-2H3,(H,26,27)/t17-/m0/s1. The molecule has 1 amide bonds. The van der Waals surface area contributed by atoms with E-state index >= 15 is 0 Å². The van der Waals surface area contributed by atoms with Crippen molar-refractivity contribution in [2.24, 2.45) is 0 Å². The minimum Gasteiger partial charge on any atom is -0.463 e. The smallest absolute Gasteiger partial charge is 0.340 e. The lowest BCUT2D eigenvalue weighted by Crippen LogP contribution is -2.37. The Morgan fingerprint density at radius 1 is 1.15 bits per heavy atom. The molecule has 1 atom stereocenters. The zero-order valence-corrected chi connectivity index (χ0v) is 19.1. The van der Waals surface area contributed by atoms with Crippen LogP contribution in [-0.4, -0.2) is 31.9 Å². The third-order valence-electron chi connectivity index (χ3n) is 6.30. The summed E-state index contributed by atoms with van der Waals surface area (Å²) in [6.07, 6.45) is 1.89. The molecule has 8 heteroatoms. The molecule has 0 radical (unpaired) electrons. The van der Waals surface area contributed by atoms with Crippen LogP contribution in [0.15, 0.2) is 56.3 Å². The molecule has 0 bridgehead atoms. The molecule has 1 saturated heterocycles. The largest absolute Gasteiger partial charge is 0.463 e. The third kappa shape index (κ3) is 3.84. The van der Waals surface area contributed by atoms with Gasteiger partial charge in [-0.25, -0.2) is 13.2 Å². The Morgan fingerprint density at radius 2 is 1.91 bits per heavy atom. The van der Waals surface area contributed by atoms with Crippen LogP contribution < -0.4 is 10.9 Å². The number of fused-ring (bicyclic) bond motifs is 3. The molecule has 0 spiro atoms. The molecule has 33 heavy (non-hydrogen) atoms. The highest BCUT2D eigenvalue weighted by Crippen LogP contribution is 2.38. The maximum Gasteiger partial charge on any atom is 0.340 e. The number of rotatable bonds is 4. The van der Waals surface area contributed by atoms with Gasteiger partial charge in [0, 0.05) is 17.0 Å². The van der Waals surface area contributed by atoms with Gasteiger partial charge in [0.25, 0.3) is 0 Å². The van der Waals surface area contributed by atoms with Gasteiger partial charge in [-0.3, -0.25) is 4.79 Å². The Morgan fingerprint density at radius 3 is 2.61 bits per heavy atom. The Labute approximate surface area is 190 Å². The summed E-state index contributed by atoms with van der Waals surface area (Å²) in [6.45, 7) is 3.72. The highest BCUT2D eigenvalue weighted by atomic mass is 32.2. The lowest BCUT2D eigenvalue weighted by atomic mass is 9.96. The van der Waals surface area contributed by atoms with Gasteiger partial charge >= 0.3 is 5.63 Å². The fourth-order valence-corrected chi connectivity index (χ4v) is 6.34. The molecule has 1 N–H and O–H groups in total. The second kappa shape index (κ2) is 7.88. The zero-order valence-electron chi connectivity index (χ0n) is 18.3. The van der Waals surface area contributed by atoms with E-state index < -0.39 is 27.4 Å². The lowest BCUT2D eigenvalue weighted by molar-refractivity contribution is -0.121. The molecule has 1 fully saturated rings. The Hall–Kier alpha value is -3.39. The fraction of sp³-hybridized carbons (Fsp3) is 0.280. The molecular weight excluding hydrogens is 442 g/mol. The van der Waals surface area contributed by atoms with Crippen LogP contribution in [0.5, 0.6) is 0 Å². The van der Waals surface area contributed by atoms with Crippen molar-refractivity contribution in [3.63, 3.8) is 0 Å². The van der Waals surface area contributed by atoms with E-state index in [1.54, 1.807) is 13.2 Å². The summed E-state index contributed by atoms with van der Waals surface area (Å²) in [5, 5.41) is 4.32. The van der Waals surface area contributed by atoms with Gasteiger partial charge in [0.15, 0.2) is 9.84 Å². The van der Waals surface area contributed by atoms with Crippen molar-refractivity contribution in [2.45, 2.75) is 32.7 Å². The summed E-state index contributed by atoms with van der Waals surface area (Å²) < 4.78 is 34.9. The van der Waals surface area contributed by atoms with Gasteiger partial charge in [0.05, 0.1) is 35.1 Å². The van der Waals surface area contributed by atoms with Crippen LogP contribution in [0.4, 0.5) is 0 Å². The predicted octanol–water partition coefficient (Wildman–Crippen LogP) is 3.67. The maximum absolute atomic E-state index is 12.7. The Kier molecular flexibility index (Phi) is 5.12. The first kappa shape index (κ1) is 21.5. The van der Waals surface area contributed by atoms with Gasteiger partial charge < -0.3 is 14.2 Å². The van der Waals surface area contributed by atoms with Gasteiger partial charge in [-0.2, -0.15) is 0 Å². The minimum absolute atomic E-state index is 0.0641. The van der Waals surface area contributed by atoms with Gasteiger partial charge in [-0.05, 0) is 43.0 Å². The number of hydrogen-bond acceptors (Lipinski definition) is 6. The van der Waals surface area contributed by atoms with Crippen LogP contribution in [0.2, 0.25) is 0 Å². The van der Waals surface area contributed by atoms with Crippen molar-refractivity contribution in [1.82, 2.24) is 5.32 Å². The van der Waals surface area contributed by atoms with Gasteiger partial charge in [0.2, 0.25) is 5.91 Å². The number of sulfone groups is 1. The number of carbonyl (C=O) groups is 1. The SMILES string of the molecule is Cc1cc2oc(=O)c(CC(=O)N[C@H]3CCS(=O)(=O)C3)c(C)c2c2occ(-c3ccccc3)c12. The number of furan rings is 1. The molecule has 1 aliphatic heterocycles. The highest BCUT2D eigenvalue weighted by Gasteiger charge is 2.29. The number of amides is 1. The number of carbonyl (C=O) groups excluding carboxylic acids is 1. The van der Waals surface area contributed by atoms with Crippen molar-refractivity contribution >= 4 is 37.7 Å². The molecule has 2 aromatic heterocycles. The molecule has 1 aliphatic rings. The number of aryl methyl sites for hydroxylation is 2. The quantitative estimate of drug-likeness (QED) is 0.461.